The van der Waals surface area contributed by atoms with Gasteiger partial charge in [-0.1, -0.05) is 12.1 Å². The normalized spacial score (nSPS) is 19.4. The van der Waals surface area contributed by atoms with Crippen LogP contribution in [0.15, 0.2) is 24.3 Å². The number of nitrogens with zero attached hydrogens (tertiary/aromatic N) is 1. The van der Waals surface area contributed by atoms with E-state index < -0.39 is 41.4 Å². The van der Waals surface area contributed by atoms with Crippen molar-refractivity contribution in [2.75, 3.05) is 13.7 Å². The molecule has 0 bridgehead atoms. The number of ether oxygens (including phenoxy) is 1. The summed E-state index contributed by atoms with van der Waals surface area (Å²) in [5.74, 6) is -1.44. The van der Waals surface area contributed by atoms with Gasteiger partial charge < -0.3 is 20.5 Å². The summed E-state index contributed by atoms with van der Waals surface area (Å²) in [6.07, 6.45) is 0.115. The molecule has 0 radical (unpaired) electrons. The van der Waals surface area contributed by atoms with Gasteiger partial charge in [-0.3, -0.25) is 19.3 Å². The standard InChI is InChI=1S/C19H25N3O6/c1-18(2,10-9-15(24)25)20-14(23)11-22-16(26)19(3,21-17(22)27)12-5-7-13(28-4)8-6-12/h5-8H,9-11H2,1-4H3,(H,20,23)(H,21,27)(H,24,25). The largest absolute Gasteiger partial charge is 0.497 e. The number of hydrogen-bond acceptors (Lipinski definition) is 5. The molecule has 1 saturated heterocycles. The van der Waals surface area contributed by atoms with E-state index in [2.05, 4.69) is 10.6 Å². The second-order valence-corrected chi connectivity index (χ2v) is 7.50. The molecule has 1 aliphatic heterocycles. The van der Waals surface area contributed by atoms with Crippen molar-refractivity contribution in [3.05, 3.63) is 29.8 Å². The van der Waals surface area contributed by atoms with E-state index in [1.54, 1.807) is 45.0 Å². The Bertz CT molecular complexity index is 789. The molecule has 1 heterocycles. The highest BCUT2D eigenvalue weighted by Gasteiger charge is 2.49. The van der Waals surface area contributed by atoms with Gasteiger partial charge in [0.1, 0.15) is 17.8 Å². The summed E-state index contributed by atoms with van der Waals surface area (Å²) in [6.45, 7) is 4.49. The Labute approximate surface area is 163 Å². The fraction of sp³-hybridized carbons (Fsp3) is 0.474. The molecule has 3 N–H and O–H groups in total. The van der Waals surface area contributed by atoms with Crippen LogP contribution in [-0.2, 0) is 19.9 Å². The van der Waals surface area contributed by atoms with Crippen LogP contribution in [0.2, 0.25) is 0 Å². The molecule has 1 aromatic carbocycles. The first-order valence-electron chi connectivity index (χ1n) is 8.80. The number of imide groups is 1. The molecule has 9 heteroatoms. The molecular weight excluding hydrogens is 366 g/mol. The average Bonchev–Trinajstić information content (AvgIpc) is 2.84. The fourth-order valence-electron chi connectivity index (χ4n) is 3.00. The minimum atomic E-state index is -1.29. The highest BCUT2D eigenvalue weighted by Crippen LogP contribution is 2.30. The van der Waals surface area contributed by atoms with E-state index in [0.29, 0.717) is 11.3 Å². The Morgan fingerprint density at radius 2 is 1.86 bits per heavy atom. The molecule has 9 nitrogen and oxygen atoms in total. The second-order valence-electron chi connectivity index (χ2n) is 7.50. The second kappa shape index (κ2) is 7.87. The third-order valence-electron chi connectivity index (χ3n) is 4.69. The Kier molecular flexibility index (Phi) is 5.96. The molecule has 0 aromatic heterocycles. The van der Waals surface area contributed by atoms with Crippen molar-refractivity contribution in [3.63, 3.8) is 0 Å². The van der Waals surface area contributed by atoms with Crippen LogP contribution in [0.1, 0.15) is 39.2 Å². The van der Waals surface area contributed by atoms with Crippen LogP contribution in [0.3, 0.4) is 0 Å². The number of urea groups is 1. The summed E-state index contributed by atoms with van der Waals surface area (Å²) in [5, 5.41) is 14.1. The summed E-state index contributed by atoms with van der Waals surface area (Å²) >= 11 is 0. The number of benzene rings is 1. The van der Waals surface area contributed by atoms with Gasteiger partial charge in [0.25, 0.3) is 5.91 Å². The molecule has 0 spiro atoms. The van der Waals surface area contributed by atoms with E-state index in [0.717, 1.165) is 4.90 Å². The maximum atomic E-state index is 12.9. The minimum Gasteiger partial charge on any atom is -0.497 e. The van der Waals surface area contributed by atoms with Crippen LogP contribution in [0.4, 0.5) is 4.79 Å². The number of methoxy groups -OCH3 is 1. The number of carboxylic acid groups (broad SMARTS) is 1. The van der Waals surface area contributed by atoms with Crippen LogP contribution in [0, 0.1) is 0 Å². The molecule has 0 aliphatic carbocycles. The number of aliphatic carboxylic acids is 1. The zero-order valence-corrected chi connectivity index (χ0v) is 16.4. The van der Waals surface area contributed by atoms with Gasteiger partial charge in [0.2, 0.25) is 5.91 Å². The summed E-state index contributed by atoms with van der Waals surface area (Å²) in [4.78, 5) is 49.1. The Balaban J connectivity index is 2.08. The number of hydrogen-bond donors (Lipinski definition) is 3. The quantitative estimate of drug-likeness (QED) is 0.572. The molecule has 1 aromatic rings. The number of carbonyl (C=O) groups excluding carboxylic acids is 3. The minimum absolute atomic E-state index is 0.105. The Morgan fingerprint density at radius 3 is 2.39 bits per heavy atom. The lowest BCUT2D eigenvalue weighted by Gasteiger charge is -2.27. The topological polar surface area (TPSA) is 125 Å². The van der Waals surface area contributed by atoms with Gasteiger partial charge in [-0.15, -0.1) is 0 Å². The van der Waals surface area contributed by atoms with Crippen molar-refractivity contribution in [1.29, 1.82) is 0 Å². The molecule has 1 fully saturated rings. The first-order chi connectivity index (χ1) is 13.0. The summed E-state index contributed by atoms with van der Waals surface area (Å²) in [7, 11) is 1.53. The molecule has 1 unspecified atom stereocenters. The van der Waals surface area contributed by atoms with Gasteiger partial charge in [0, 0.05) is 12.0 Å². The maximum absolute atomic E-state index is 12.9. The Hall–Kier alpha value is -3.10. The number of amides is 4. The lowest BCUT2D eigenvalue weighted by atomic mass is 9.92. The van der Waals surface area contributed by atoms with Crippen LogP contribution < -0.4 is 15.4 Å². The lowest BCUT2D eigenvalue weighted by molar-refractivity contribution is -0.138. The van der Waals surface area contributed by atoms with Crippen molar-refractivity contribution >= 4 is 23.8 Å². The van der Waals surface area contributed by atoms with Crippen molar-refractivity contribution < 1.29 is 29.0 Å². The van der Waals surface area contributed by atoms with Crippen molar-refractivity contribution in [2.45, 2.75) is 44.7 Å². The van der Waals surface area contributed by atoms with Gasteiger partial charge >= 0.3 is 12.0 Å². The van der Waals surface area contributed by atoms with E-state index in [9.17, 15) is 19.2 Å². The van der Waals surface area contributed by atoms with Crippen molar-refractivity contribution in [3.8, 4) is 5.75 Å². The monoisotopic (exact) mass is 391 g/mol. The van der Waals surface area contributed by atoms with Gasteiger partial charge in [-0.05, 0) is 44.9 Å². The van der Waals surface area contributed by atoms with E-state index in [-0.39, 0.29) is 12.8 Å². The van der Waals surface area contributed by atoms with Crippen LogP contribution in [-0.4, -0.2) is 53.0 Å². The van der Waals surface area contributed by atoms with E-state index in [1.165, 1.54) is 7.11 Å². The average molecular weight is 391 g/mol. The SMILES string of the molecule is COc1ccc(C2(C)NC(=O)N(CC(=O)NC(C)(C)CCC(=O)O)C2=O)cc1. The molecular formula is C19H25N3O6. The fourth-order valence-corrected chi connectivity index (χ4v) is 3.00. The van der Waals surface area contributed by atoms with Gasteiger partial charge in [-0.2, -0.15) is 0 Å². The summed E-state index contributed by atoms with van der Waals surface area (Å²) in [6, 6.07) is 6.05. The molecule has 1 aliphatic rings. The van der Waals surface area contributed by atoms with Crippen LogP contribution in [0.5, 0.6) is 5.75 Å². The zero-order chi connectivity index (χ0) is 21.1. The van der Waals surface area contributed by atoms with E-state index >= 15 is 0 Å². The van der Waals surface area contributed by atoms with Crippen molar-refractivity contribution in [2.24, 2.45) is 0 Å². The smallest absolute Gasteiger partial charge is 0.325 e. The van der Waals surface area contributed by atoms with Gasteiger partial charge in [-0.25, -0.2) is 4.79 Å². The van der Waals surface area contributed by atoms with E-state index in [1.807, 2.05) is 0 Å². The lowest BCUT2D eigenvalue weighted by Crippen LogP contribution is -2.49. The van der Waals surface area contributed by atoms with Crippen LogP contribution in [0.25, 0.3) is 0 Å². The first-order valence-corrected chi connectivity index (χ1v) is 8.80. The predicted octanol–water partition coefficient (Wildman–Crippen LogP) is 1.22. The number of nitrogens with one attached hydrogen (secondary N) is 2. The zero-order valence-electron chi connectivity index (χ0n) is 16.4. The molecule has 28 heavy (non-hydrogen) atoms. The number of rotatable bonds is 8. The summed E-state index contributed by atoms with van der Waals surface area (Å²) in [5.41, 5.74) is -1.51. The third-order valence-corrected chi connectivity index (χ3v) is 4.69. The Morgan fingerprint density at radius 1 is 1.25 bits per heavy atom. The maximum Gasteiger partial charge on any atom is 0.325 e. The predicted molar refractivity (Wildman–Crippen MR) is 99.7 cm³/mol. The third kappa shape index (κ3) is 4.59. The first kappa shape index (κ1) is 21.2. The molecule has 1 atom stereocenters. The van der Waals surface area contributed by atoms with Gasteiger partial charge in [0.05, 0.1) is 7.11 Å². The summed E-state index contributed by atoms with van der Waals surface area (Å²) < 4.78 is 5.10. The number of carbonyl (C=O) groups is 4. The van der Waals surface area contributed by atoms with Gasteiger partial charge in [0.15, 0.2) is 0 Å². The van der Waals surface area contributed by atoms with E-state index in [4.69, 9.17) is 9.84 Å². The molecule has 0 saturated carbocycles. The van der Waals surface area contributed by atoms with Crippen molar-refractivity contribution in [1.82, 2.24) is 15.5 Å². The molecule has 2 rings (SSSR count). The molecule has 4 amide bonds. The highest BCUT2D eigenvalue weighted by atomic mass is 16.5. The van der Waals surface area contributed by atoms with Crippen LogP contribution >= 0.6 is 0 Å². The molecule has 152 valence electrons. The highest BCUT2D eigenvalue weighted by molar-refractivity contribution is 6.09. The number of carboxylic acids is 1.